The van der Waals surface area contributed by atoms with Crippen molar-refractivity contribution in [1.29, 1.82) is 0 Å². The molecule has 1 aliphatic rings. The molecule has 110 valence electrons. The minimum atomic E-state index is 0.411. The van der Waals surface area contributed by atoms with Gasteiger partial charge in [-0.1, -0.05) is 12.1 Å². The van der Waals surface area contributed by atoms with E-state index in [-0.39, 0.29) is 0 Å². The van der Waals surface area contributed by atoms with Crippen LogP contribution in [0.3, 0.4) is 0 Å². The Morgan fingerprint density at radius 1 is 1.29 bits per heavy atom. The van der Waals surface area contributed by atoms with Gasteiger partial charge in [0.15, 0.2) is 0 Å². The fourth-order valence-corrected chi connectivity index (χ4v) is 2.80. The second-order valence-electron chi connectivity index (χ2n) is 5.09. The number of ether oxygens (including phenoxy) is 1. The summed E-state index contributed by atoms with van der Waals surface area (Å²) in [7, 11) is 0. The molecule has 2 aromatic rings. The molecule has 4 nitrogen and oxygen atoms in total. The lowest BCUT2D eigenvalue weighted by atomic mass is 10.1. The first kappa shape index (κ1) is 14.4. The topological polar surface area (TPSA) is 47.0 Å². The molecule has 3 rings (SSSR count). The van der Waals surface area contributed by atoms with Crippen molar-refractivity contribution in [3.63, 3.8) is 0 Å². The van der Waals surface area contributed by atoms with E-state index in [1.54, 1.807) is 18.1 Å². The van der Waals surface area contributed by atoms with E-state index in [0.29, 0.717) is 5.92 Å². The van der Waals surface area contributed by atoms with Crippen LogP contribution in [0.5, 0.6) is 0 Å². The molecule has 1 aliphatic heterocycles. The largest absolute Gasteiger partial charge is 0.381 e. The van der Waals surface area contributed by atoms with E-state index >= 15 is 0 Å². The third-order valence-electron chi connectivity index (χ3n) is 3.67. The van der Waals surface area contributed by atoms with Crippen molar-refractivity contribution < 1.29 is 4.74 Å². The third kappa shape index (κ3) is 3.74. The fraction of sp³-hybridized carbons (Fsp3) is 0.375. The lowest BCUT2D eigenvalue weighted by Gasteiger charge is -2.10. The molecule has 0 bridgehead atoms. The van der Waals surface area contributed by atoms with Gasteiger partial charge in [-0.25, -0.2) is 9.97 Å². The molecule has 1 aromatic carbocycles. The van der Waals surface area contributed by atoms with Gasteiger partial charge in [-0.15, -0.1) is 11.8 Å². The van der Waals surface area contributed by atoms with Crippen molar-refractivity contribution in [2.45, 2.75) is 23.8 Å². The lowest BCUT2D eigenvalue weighted by Crippen LogP contribution is -2.06. The summed E-state index contributed by atoms with van der Waals surface area (Å²) < 4.78 is 5.42. The number of benzene rings is 1. The van der Waals surface area contributed by atoms with Gasteiger partial charge < -0.3 is 10.1 Å². The quantitative estimate of drug-likeness (QED) is 0.859. The summed E-state index contributed by atoms with van der Waals surface area (Å²) in [5.74, 6) is 1.29. The van der Waals surface area contributed by atoms with E-state index < -0.39 is 0 Å². The number of rotatable bonds is 5. The normalized spacial score (nSPS) is 17.9. The van der Waals surface area contributed by atoms with Gasteiger partial charge in [-0.2, -0.15) is 0 Å². The zero-order valence-electron chi connectivity index (χ0n) is 12.1. The van der Waals surface area contributed by atoms with Crippen LogP contribution in [-0.2, 0) is 11.3 Å². The van der Waals surface area contributed by atoms with E-state index in [1.165, 1.54) is 10.5 Å². The number of hydrogen-bond acceptors (Lipinski definition) is 5. The van der Waals surface area contributed by atoms with E-state index in [9.17, 15) is 0 Å². The predicted molar refractivity (Wildman–Crippen MR) is 85.8 cm³/mol. The Hall–Kier alpha value is -1.59. The Balaban J connectivity index is 1.62. The maximum atomic E-state index is 5.42. The first-order valence-corrected chi connectivity index (χ1v) is 8.34. The minimum Gasteiger partial charge on any atom is -0.381 e. The zero-order valence-corrected chi connectivity index (χ0v) is 12.9. The highest BCUT2D eigenvalue weighted by Crippen LogP contribution is 2.24. The average molecular weight is 301 g/mol. The highest BCUT2D eigenvalue weighted by Gasteiger charge is 2.19. The van der Waals surface area contributed by atoms with Gasteiger partial charge in [0, 0.05) is 30.0 Å². The summed E-state index contributed by atoms with van der Waals surface area (Å²) in [4.78, 5) is 9.94. The Labute approximate surface area is 129 Å². The van der Waals surface area contributed by atoms with Gasteiger partial charge in [0.05, 0.1) is 12.3 Å². The first-order chi connectivity index (χ1) is 10.3. The summed E-state index contributed by atoms with van der Waals surface area (Å²) in [6, 6.07) is 10.6. The van der Waals surface area contributed by atoms with Crippen LogP contribution in [0.25, 0.3) is 0 Å². The zero-order chi connectivity index (χ0) is 14.5. The van der Waals surface area contributed by atoms with E-state index in [1.807, 2.05) is 6.07 Å². The molecule has 1 fully saturated rings. The van der Waals surface area contributed by atoms with Gasteiger partial charge in [-0.05, 0) is 30.4 Å². The highest BCUT2D eigenvalue weighted by molar-refractivity contribution is 7.98. The molecular formula is C16H19N3OS. The highest BCUT2D eigenvalue weighted by atomic mass is 32.2. The van der Waals surface area contributed by atoms with E-state index in [0.717, 1.165) is 37.7 Å². The molecule has 0 amide bonds. The number of aromatic nitrogens is 2. The molecule has 0 spiro atoms. The Kier molecular flexibility index (Phi) is 4.72. The molecule has 1 saturated heterocycles. The molecule has 0 aliphatic carbocycles. The number of nitrogens with zero attached hydrogens (tertiary/aromatic N) is 2. The van der Waals surface area contributed by atoms with Gasteiger partial charge in [0.1, 0.15) is 12.1 Å². The maximum Gasteiger partial charge on any atom is 0.129 e. The second-order valence-corrected chi connectivity index (χ2v) is 5.97. The molecule has 0 unspecified atom stereocenters. The number of anilines is 1. The summed E-state index contributed by atoms with van der Waals surface area (Å²) in [6.07, 6.45) is 4.77. The predicted octanol–water partition coefficient (Wildman–Crippen LogP) is 3.31. The number of thioether (sulfide) groups is 1. The maximum absolute atomic E-state index is 5.42. The van der Waals surface area contributed by atoms with Crippen LogP contribution in [0.1, 0.15) is 23.6 Å². The van der Waals surface area contributed by atoms with Crippen LogP contribution in [0.4, 0.5) is 5.82 Å². The third-order valence-corrected chi connectivity index (χ3v) is 4.41. The van der Waals surface area contributed by atoms with E-state index in [4.69, 9.17) is 4.74 Å². The smallest absolute Gasteiger partial charge is 0.129 e. The van der Waals surface area contributed by atoms with Crippen molar-refractivity contribution in [2.24, 2.45) is 0 Å². The van der Waals surface area contributed by atoms with Gasteiger partial charge in [0.2, 0.25) is 0 Å². The molecule has 5 heteroatoms. The van der Waals surface area contributed by atoms with Crippen LogP contribution >= 0.6 is 11.8 Å². The van der Waals surface area contributed by atoms with Crippen LogP contribution in [0.2, 0.25) is 0 Å². The first-order valence-electron chi connectivity index (χ1n) is 7.11. The monoisotopic (exact) mass is 301 g/mol. The second kappa shape index (κ2) is 6.91. The SMILES string of the molecule is CSc1ccc(CNc2cc([C@@H]3CCOC3)ncn2)cc1. The van der Waals surface area contributed by atoms with Crippen molar-refractivity contribution >= 4 is 17.6 Å². The van der Waals surface area contributed by atoms with Crippen LogP contribution in [0, 0.1) is 0 Å². The van der Waals surface area contributed by atoms with Crippen molar-refractivity contribution in [3.05, 3.63) is 47.9 Å². The lowest BCUT2D eigenvalue weighted by molar-refractivity contribution is 0.193. The van der Waals surface area contributed by atoms with Crippen molar-refractivity contribution in [1.82, 2.24) is 9.97 Å². The van der Waals surface area contributed by atoms with Crippen LogP contribution in [-0.4, -0.2) is 29.4 Å². The number of nitrogens with one attached hydrogen (secondary N) is 1. The van der Waals surface area contributed by atoms with E-state index in [2.05, 4.69) is 45.8 Å². The van der Waals surface area contributed by atoms with Gasteiger partial charge in [0.25, 0.3) is 0 Å². The molecule has 21 heavy (non-hydrogen) atoms. The summed E-state index contributed by atoms with van der Waals surface area (Å²) in [6.45, 7) is 2.37. The molecular weight excluding hydrogens is 282 g/mol. The minimum absolute atomic E-state index is 0.411. The molecule has 2 heterocycles. The number of hydrogen-bond donors (Lipinski definition) is 1. The standard InChI is InChI=1S/C16H19N3OS/c1-21-14-4-2-12(3-5-14)9-17-16-8-15(18-11-19-16)13-6-7-20-10-13/h2-5,8,11,13H,6-7,9-10H2,1H3,(H,17,18,19)/t13-/m1/s1. The molecule has 0 saturated carbocycles. The summed E-state index contributed by atoms with van der Waals surface area (Å²) >= 11 is 1.76. The van der Waals surface area contributed by atoms with Crippen LogP contribution in [0.15, 0.2) is 41.6 Å². The van der Waals surface area contributed by atoms with Crippen molar-refractivity contribution in [3.8, 4) is 0 Å². The molecule has 1 atom stereocenters. The fourth-order valence-electron chi connectivity index (χ4n) is 2.40. The summed E-state index contributed by atoms with van der Waals surface area (Å²) in [5.41, 5.74) is 2.32. The van der Waals surface area contributed by atoms with Crippen LogP contribution < -0.4 is 5.32 Å². The molecule has 0 radical (unpaired) electrons. The van der Waals surface area contributed by atoms with Gasteiger partial charge >= 0.3 is 0 Å². The molecule has 1 aromatic heterocycles. The Bertz CT molecular complexity index is 582. The Morgan fingerprint density at radius 3 is 2.86 bits per heavy atom. The average Bonchev–Trinajstić information content (AvgIpc) is 3.08. The molecule has 1 N–H and O–H groups in total. The van der Waals surface area contributed by atoms with Crippen molar-refractivity contribution in [2.75, 3.05) is 24.8 Å². The summed E-state index contributed by atoms with van der Waals surface area (Å²) in [5, 5.41) is 3.36. The van der Waals surface area contributed by atoms with Gasteiger partial charge in [-0.3, -0.25) is 0 Å². The Morgan fingerprint density at radius 2 is 2.14 bits per heavy atom.